The fourth-order valence-electron chi connectivity index (χ4n) is 2.59. The molecule has 1 rings (SSSR count). The van der Waals surface area contributed by atoms with Gasteiger partial charge < -0.3 is 15.3 Å². The minimum Gasteiger partial charge on any atom is -0.481 e. The third-order valence-electron chi connectivity index (χ3n) is 4.32. The molecule has 2 N–H and O–H groups in total. The van der Waals surface area contributed by atoms with E-state index in [1.807, 2.05) is 37.3 Å². The van der Waals surface area contributed by atoms with Gasteiger partial charge in [-0.25, -0.2) is 4.79 Å². The van der Waals surface area contributed by atoms with Crippen LogP contribution in [0.4, 0.5) is 4.79 Å². The van der Waals surface area contributed by atoms with Crippen molar-refractivity contribution in [1.82, 2.24) is 10.2 Å². The normalized spacial score (nSPS) is 13.1. The average Bonchev–Trinajstić information content (AvgIpc) is 2.57. The first-order chi connectivity index (χ1) is 11.4. The van der Waals surface area contributed by atoms with Gasteiger partial charge in [0, 0.05) is 25.6 Å². The summed E-state index contributed by atoms with van der Waals surface area (Å²) in [5.74, 6) is -0.841. The number of rotatable bonds is 10. The lowest BCUT2D eigenvalue weighted by Gasteiger charge is -2.28. The molecule has 0 spiro atoms. The molecule has 1 aromatic carbocycles. The predicted molar refractivity (Wildman–Crippen MR) is 96.1 cm³/mol. The first-order valence-corrected chi connectivity index (χ1v) is 8.73. The van der Waals surface area contributed by atoms with Gasteiger partial charge >= 0.3 is 12.0 Å². The van der Waals surface area contributed by atoms with Crippen LogP contribution >= 0.6 is 0 Å². The molecule has 0 fully saturated rings. The maximum Gasteiger partial charge on any atom is 0.317 e. The summed E-state index contributed by atoms with van der Waals surface area (Å²) in [6.45, 7) is 4.17. The minimum absolute atomic E-state index is 0.0485. The Morgan fingerprint density at radius 1 is 1.21 bits per heavy atom. The van der Waals surface area contributed by atoms with Gasteiger partial charge in [-0.15, -0.1) is 0 Å². The number of carboxylic acids is 1. The zero-order valence-corrected chi connectivity index (χ0v) is 15.0. The number of benzene rings is 1. The highest BCUT2D eigenvalue weighted by Gasteiger charge is 2.20. The van der Waals surface area contributed by atoms with Gasteiger partial charge in [0.2, 0.25) is 0 Å². The fourth-order valence-corrected chi connectivity index (χ4v) is 2.59. The number of carbonyl (C=O) groups is 2. The van der Waals surface area contributed by atoms with Gasteiger partial charge in [-0.2, -0.15) is 0 Å². The van der Waals surface area contributed by atoms with Crippen molar-refractivity contribution in [3.05, 3.63) is 35.9 Å². The van der Waals surface area contributed by atoms with E-state index in [0.717, 1.165) is 24.8 Å². The standard InChI is InChI=1S/C19H30N2O3/c1-4-5-9-15(2)21(3)19(24)20-17(12-13-18(22)23)14-16-10-7-6-8-11-16/h6-8,10-11,15,17H,4-5,9,12-14H2,1-3H3,(H,20,24)(H,22,23). The number of urea groups is 1. The lowest BCUT2D eigenvalue weighted by atomic mass is 10.0. The number of nitrogens with one attached hydrogen (secondary N) is 1. The summed E-state index contributed by atoms with van der Waals surface area (Å²) in [4.78, 5) is 25.1. The molecule has 0 bridgehead atoms. The summed E-state index contributed by atoms with van der Waals surface area (Å²) in [5.41, 5.74) is 1.09. The molecule has 2 amide bonds. The largest absolute Gasteiger partial charge is 0.481 e. The second kappa shape index (κ2) is 10.7. The molecule has 134 valence electrons. The number of unbranched alkanes of at least 4 members (excludes halogenated alkanes) is 1. The van der Waals surface area contributed by atoms with Crippen LogP contribution < -0.4 is 5.32 Å². The number of carboxylic acid groups (broad SMARTS) is 1. The number of aliphatic carboxylic acids is 1. The van der Waals surface area contributed by atoms with Crippen LogP contribution in [0.1, 0.15) is 51.5 Å². The summed E-state index contributed by atoms with van der Waals surface area (Å²) in [5, 5.41) is 11.9. The Labute approximate surface area is 145 Å². The molecule has 0 saturated carbocycles. The Hall–Kier alpha value is -2.04. The molecular formula is C19H30N2O3. The number of hydrogen-bond acceptors (Lipinski definition) is 2. The van der Waals surface area contributed by atoms with E-state index in [1.54, 1.807) is 11.9 Å². The molecule has 2 atom stereocenters. The van der Waals surface area contributed by atoms with Crippen molar-refractivity contribution < 1.29 is 14.7 Å². The zero-order valence-electron chi connectivity index (χ0n) is 15.0. The average molecular weight is 334 g/mol. The second-order valence-corrected chi connectivity index (χ2v) is 6.37. The van der Waals surface area contributed by atoms with Gasteiger partial charge in [-0.3, -0.25) is 4.79 Å². The molecule has 0 aromatic heterocycles. The maximum absolute atomic E-state index is 12.5. The van der Waals surface area contributed by atoms with Crippen LogP contribution in [0.25, 0.3) is 0 Å². The molecule has 5 nitrogen and oxygen atoms in total. The molecule has 0 heterocycles. The highest BCUT2D eigenvalue weighted by Crippen LogP contribution is 2.11. The number of hydrogen-bond donors (Lipinski definition) is 2. The van der Waals surface area contributed by atoms with Gasteiger partial charge in [-0.05, 0) is 31.7 Å². The maximum atomic E-state index is 12.5. The van der Waals surface area contributed by atoms with Gasteiger partial charge in [0.25, 0.3) is 0 Å². The molecular weight excluding hydrogens is 304 g/mol. The number of nitrogens with zero attached hydrogens (tertiary/aromatic N) is 1. The summed E-state index contributed by atoms with van der Waals surface area (Å²) in [6, 6.07) is 9.68. The molecule has 1 aromatic rings. The van der Waals surface area contributed by atoms with Crippen molar-refractivity contribution in [2.45, 2.75) is 64.5 Å². The third kappa shape index (κ3) is 7.49. The number of amides is 2. The summed E-state index contributed by atoms with van der Waals surface area (Å²) >= 11 is 0. The fraction of sp³-hybridized carbons (Fsp3) is 0.579. The lowest BCUT2D eigenvalue weighted by molar-refractivity contribution is -0.137. The van der Waals surface area contributed by atoms with E-state index in [-0.39, 0.29) is 24.5 Å². The van der Waals surface area contributed by atoms with Crippen LogP contribution in [0.5, 0.6) is 0 Å². The Morgan fingerprint density at radius 3 is 2.46 bits per heavy atom. The van der Waals surface area contributed by atoms with E-state index in [0.29, 0.717) is 12.8 Å². The van der Waals surface area contributed by atoms with Crippen molar-refractivity contribution >= 4 is 12.0 Å². The molecule has 0 saturated heterocycles. The van der Waals surface area contributed by atoms with Gasteiger partial charge in [0.15, 0.2) is 0 Å². The van der Waals surface area contributed by atoms with E-state index in [9.17, 15) is 9.59 Å². The molecule has 0 aliphatic carbocycles. The second-order valence-electron chi connectivity index (χ2n) is 6.37. The van der Waals surface area contributed by atoms with Crippen molar-refractivity contribution in [2.75, 3.05) is 7.05 Å². The smallest absolute Gasteiger partial charge is 0.317 e. The molecule has 0 radical (unpaired) electrons. The molecule has 24 heavy (non-hydrogen) atoms. The summed E-state index contributed by atoms with van der Waals surface area (Å²) in [6.07, 6.45) is 4.27. The van der Waals surface area contributed by atoms with Crippen molar-refractivity contribution in [1.29, 1.82) is 0 Å². The highest BCUT2D eigenvalue weighted by molar-refractivity contribution is 5.74. The Morgan fingerprint density at radius 2 is 1.88 bits per heavy atom. The highest BCUT2D eigenvalue weighted by atomic mass is 16.4. The Balaban J connectivity index is 2.65. The first kappa shape index (κ1) is 20.0. The Bertz CT molecular complexity index is 505. The van der Waals surface area contributed by atoms with Crippen molar-refractivity contribution in [3.63, 3.8) is 0 Å². The van der Waals surface area contributed by atoms with E-state index in [2.05, 4.69) is 12.2 Å². The van der Waals surface area contributed by atoms with Gasteiger partial charge in [0.05, 0.1) is 0 Å². The lowest BCUT2D eigenvalue weighted by Crippen LogP contribution is -2.47. The van der Waals surface area contributed by atoms with Gasteiger partial charge in [-0.1, -0.05) is 50.1 Å². The van der Waals surface area contributed by atoms with Crippen LogP contribution in [-0.2, 0) is 11.2 Å². The molecule has 0 aliphatic rings. The third-order valence-corrected chi connectivity index (χ3v) is 4.32. The van der Waals surface area contributed by atoms with E-state index in [4.69, 9.17) is 5.11 Å². The number of carbonyl (C=O) groups excluding carboxylic acids is 1. The summed E-state index contributed by atoms with van der Waals surface area (Å²) < 4.78 is 0. The molecule has 5 heteroatoms. The summed E-state index contributed by atoms with van der Waals surface area (Å²) in [7, 11) is 1.80. The van der Waals surface area contributed by atoms with Crippen LogP contribution in [0.15, 0.2) is 30.3 Å². The Kier molecular flexibility index (Phi) is 8.90. The van der Waals surface area contributed by atoms with Crippen molar-refractivity contribution in [2.24, 2.45) is 0 Å². The zero-order chi connectivity index (χ0) is 17.9. The van der Waals surface area contributed by atoms with Crippen LogP contribution in [0.2, 0.25) is 0 Å². The quantitative estimate of drug-likeness (QED) is 0.686. The molecule has 0 aliphatic heterocycles. The van der Waals surface area contributed by atoms with Crippen LogP contribution in [0.3, 0.4) is 0 Å². The predicted octanol–water partition coefficient (Wildman–Crippen LogP) is 3.68. The monoisotopic (exact) mass is 334 g/mol. The topological polar surface area (TPSA) is 69.6 Å². The van der Waals surface area contributed by atoms with E-state index < -0.39 is 5.97 Å². The van der Waals surface area contributed by atoms with Crippen LogP contribution in [0, 0.1) is 0 Å². The van der Waals surface area contributed by atoms with Crippen molar-refractivity contribution in [3.8, 4) is 0 Å². The van der Waals surface area contributed by atoms with Gasteiger partial charge in [0.1, 0.15) is 0 Å². The molecule has 2 unspecified atom stereocenters. The SMILES string of the molecule is CCCCC(C)N(C)C(=O)NC(CCC(=O)O)Cc1ccccc1. The first-order valence-electron chi connectivity index (χ1n) is 8.73. The van der Waals surface area contributed by atoms with E-state index in [1.165, 1.54) is 0 Å². The van der Waals surface area contributed by atoms with Crippen LogP contribution in [-0.4, -0.2) is 41.1 Å². The van der Waals surface area contributed by atoms with E-state index >= 15 is 0 Å². The minimum atomic E-state index is -0.841.